The fourth-order valence-electron chi connectivity index (χ4n) is 3.29. The van der Waals surface area contributed by atoms with Crippen molar-refractivity contribution in [1.82, 2.24) is 5.06 Å². The number of allylic oxidation sites excluding steroid dienone is 4. The molecule has 0 amide bonds. The summed E-state index contributed by atoms with van der Waals surface area (Å²) in [6.45, 7) is 2.47. The van der Waals surface area contributed by atoms with Crippen LogP contribution in [0, 0.1) is 10.1 Å². The second-order valence-corrected chi connectivity index (χ2v) is 5.91. The molecule has 1 saturated carbocycles. The molecule has 22 heavy (non-hydrogen) atoms. The molecule has 7 heteroatoms. The van der Waals surface area contributed by atoms with E-state index in [1.807, 2.05) is 6.92 Å². The number of nitrogens with zero attached hydrogens (tertiary/aromatic N) is 4. The standard InChI is InChI=1S/C15H20N4O3/c1-2-10-16-13-12(19(21)22)7-6-11-14(13)17-15(18(11)20)8-4-3-5-9-15/h6-7,20H,2-5,8-10H2,1H3. The van der Waals surface area contributed by atoms with Crippen molar-refractivity contribution in [3.05, 3.63) is 33.7 Å². The Morgan fingerprint density at radius 3 is 2.77 bits per heavy atom. The molecule has 0 aromatic heterocycles. The number of aliphatic imine (C=N–C) groups is 2. The summed E-state index contributed by atoms with van der Waals surface area (Å²) in [5.41, 5.74) is 0.587. The van der Waals surface area contributed by atoms with Crippen LogP contribution in [0.15, 0.2) is 33.5 Å². The predicted molar refractivity (Wildman–Crippen MR) is 82.6 cm³/mol. The molecule has 1 fully saturated rings. The third-order valence-electron chi connectivity index (χ3n) is 4.40. The predicted octanol–water partition coefficient (Wildman–Crippen LogP) is 2.70. The Labute approximate surface area is 128 Å². The average molecular weight is 304 g/mol. The van der Waals surface area contributed by atoms with Gasteiger partial charge in [-0.3, -0.25) is 25.3 Å². The maximum atomic E-state index is 11.3. The maximum absolute atomic E-state index is 11.3. The summed E-state index contributed by atoms with van der Waals surface area (Å²) in [6, 6.07) is 0. The number of hydrogen-bond acceptors (Lipinski definition) is 6. The molecule has 2 aliphatic carbocycles. The topological polar surface area (TPSA) is 91.3 Å². The first-order chi connectivity index (χ1) is 10.6. The third-order valence-corrected chi connectivity index (χ3v) is 4.40. The van der Waals surface area contributed by atoms with E-state index in [1.54, 1.807) is 6.08 Å². The highest BCUT2D eigenvalue weighted by Gasteiger charge is 2.48. The van der Waals surface area contributed by atoms with Gasteiger partial charge >= 0.3 is 0 Å². The lowest BCUT2D eigenvalue weighted by atomic mass is 9.89. The molecule has 1 aliphatic heterocycles. The van der Waals surface area contributed by atoms with Gasteiger partial charge in [0.2, 0.25) is 0 Å². The van der Waals surface area contributed by atoms with Gasteiger partial charge in [0.1, 0.15) is 5.71 Å². The van der Waals surface area contributed by atoms with E-state index in [0.29, 0.717) is 23.7 Å². The van der Waals surface area contributed by atoms with Crippen molar-refractivity contribution in [2.45, 2.75) is 51.1 Å². The lowest BCUT2D eigenvalue weighted by molar-refractivity contribution is -0.414. The van der Waals surface area contributed by atoms with Crippen molar-refractivity contribution in [1.29, 1.82) is 0 Å². The second kappa shape index (κ2) is 5.64. The first kappa shape index (κ1) is 14.9. The van der Waals surface area contributed by atoms with Crippen LogP contribution in [0.5, 0.6) is 0 Å². The molecule has 0 bridgehead atoms. The summed E-state index contributed by atoms with van der Waals surface area (Å²) in [4.78, 5) is 19.9. The summed E-state index contributed by atoms with van der Waals surface area (Å²) in [5, 5.41) is 23.0. The van der Waals surface area contributed by atoms with Crippen LogP contribution in [-0.4, -0.2) is 38.8 Å². The zero-order valence-corrected chi connectivity index (χ0v) is 12.7. The number of hydrogen-bond donors (Lipinski definition) is 1. The van der Waals surface area contributed by atoms with Crippen molar-refractivity contribution < 1.29 is 10.1 Å². The molecular weight excluding hydrogens is 284 g/mol. The zero-order chi connectivity index (χ0) is 15.7. The van der Waals surface area contributed by atoms with Crippen LogP contribution < -0.4 is 0 Å². The normalized spacial score (nSPS) is 24.9. The molecule has 0 radical (unpaired) electrons. The van der Waals surface area contributed by atoms with Gasteiger partial charge in [-0.15, -0.1) is 0 Å². The van der Waals surface area contributed by atoms with Crippen LogP contribution in [0.2, 0.25) is 0 Å². The average Bonchev–Trinajstić information content (AvgIpc) is 2.78. The zero-order valence-electron chi connectivity index (χ0n) is 12.7. The smallest absolute Gasteiger partial charge is 0.286 e. The maximum Gasteiger partial charge on any atom is 0.296 e. The lowest BCUT2D eigenvalue weighted by Gasteiger charge is -2.36. The molecule has 118 valence electrons. The van der Waals surface area contributed by atoms with Gasteiger partial charge < -0.3 is 0 Å². The van der Waals surface area contributed by atoms with E-state index >= 15 is 0 Å². The quantitative estimate of drug-likeness (QED) is 0.493. The van der Waals surface area contributed by atoms with Crippen molar-refractivity contribution in [2.75, 3.05) is 6.54 Å². The van der Waals surface area contributed by atoms with Gasteiger partial charge in [0.05, 0.1) is 10.6 Å². The molecule has 3 aliphatic rings. The van der Waals surface area contributed by atoms with Crippen LogP contribution in [0.3, 0.4) is 0 Å². The van der Waals surface area contributed by atoms with Crippen LogP contribution >= 0.6 is 0 Å². The Morgan fingerprint density at radius 2 is 2.14 bits per heavy atom. The lowest BCUT2D eigenvalue weighted by Crippen LogP contribution is -2.42. The third kappa shape index (κ3) is 2.25. The van der Waals surface area contributed by atoms with E-state index in [9.17, 15) is 15.3 Å². The van der Waals surface area contributed by atoms with E-state index < -0.39 is 10.6 Å². The Balaban J connectivity index is 2.05. The van der Waals surface area contributed by atoms with E-state index in [1.165, 1.54) is 11.1 Å². The van der Waals surface area contributed by atoms with Crippen LogP contribution in [-0.2, 0) is 0 Å². The van der Waals surface area contributed by atoms with Crippen LogP contribution in [0.25, 0.3) is 0 Å². The highest BCUT2D eigenvalue weighted by Crippen LogP contribution is 2.42. The first-order valence-corrected chi connectivity index (χ1v) is 7.80. The fourth-order valence-corrected chi connectivity index (χ4v) is 3.29. The van der Waals surface area contributed by atoms with Gasteiger partial charge in [0, 0.05) is 12.6 Å². The number of nitro groups is 1. The molecule has 3 rings (SSSR count). The molecule has 1 N–H and O–H groups in total. The van der Waals surface area contributed by atoms with Gasteiger partial charge in [-0.1, -0.05) is 13.3 Å². The van der Waals surface area contributed by atoms with E-state index in [4.69, 9.17) is 4.99 Å². The summed E-state index contributed by atoms with van der Waals surface area (Å²) in [6.07, 6.45) is 8.44. The molecule has 1 heterocycles. The highest BCUT2D eigenvalue weighted by molar-refractivity contribution is 6.54. The number of rotatable bonds is 3. The summed E-state index contributed by atoms with van der Waals surface area (Å²) in [5.74, 6) is 0. The number of hydroxylamine groups is 2. The fraction of sp³-hybridized carbons (Fsp3) is 0.600. The summed E-state index contributed by atoms with van der Waals surface area (Å²) < 4.78 is 0. The molecule has 0 saturated heterocycles. The summed E-state index contributed by atoms with van der Waals surface area (Å²) >= 11 is 0. The van der Waals surface area contributed by atoms with Crippen LogP contribution in [0.1, 0.15) is 45.4 Å². The second-order valence-electron chi connectivity index (χ2n) is 5.91. The SMILES string of the molecule is CCCN=C1C([N+](=O)[O-])=CC=C2C1=NC1(CCCCC1)N2O. The van der Waals surface area contributed by atoms with Gasteiger partial charge in [-0.25, -0.2) is 5.06 Å². The molecule has 0 unspecified atom stereocenters. The Hall–Kier alpha value is -2.02. The van der Waals surface area contributed by atoms with Gasteiger partial charge in [-0.05, 0) is 38.2 Å². The largest absolute Gasteiger partial charge is 0.296 e. The molecule has 0 aromatic rings. The Kier molecular flexibility index (Phi) is 3.82. The van der Waals surface area contributed by atoms with Crippen LogP contribution in [0.4, 0.5) is 0 Å². The van der Waals surface area contributed by atoms with Crippen molar-refractivity contribution in [3.8, 4) is 0 Å². The van der Waals surface area contributed by atoms with Crippen molar-refractivity contribution in [2.24, 2.45) is 9.98 Å². The Morgan fingerprint density at radius 1 is 1.41 bits per heavy atom. The van der Waals surface area contributed by atoms with Crippen molar-refractivity contribution in [3.63, 3.8) is 0 Å². The monoisotopic (exact) mass is 304 g/mol. The summed E-state index contributed by atoms with van der Waals surface area (Å²) in [7, 11) is 0. The molecule has 0 atom stereocenters. The molecule has 0 aromatic carbocycles. The van der Waals surface area contributed by atoms with Gasteiger partial charge in [-0.2, -0.15) is 0 Å². The van der Waals surface area contributed by atoms with Gasteiger partial charge in [0.15, 0.2) is 11.4 Å². The molecule has 1 spiro atoms. The highest BCUT2D eigenvalue weighted by atomic mass is 16.6. The number of fused-ring (bicyclic) bond motifs is 1. The van der Waals surface area contributed by atoms with E-state index in [-0.39, 0.29) is 5.70 Å². The van der Waals surface area contributed by atoms with E-state index in [0.717, 1.165) is 38.5 Å². The van der Waals surface area contributed by atoms with E-state index in [2.05, 4.69) is 4.99 Å². The molecule has 7 nitrogen and oxygen atoms in total. The Bertz CT molecular complexity index is 612. The van der Waals surface area contributed by atoms with Gasteiger partial charge in [0.25, 0.3) is 5.70 Å². The minimum atomic E-state index is -0.660. The minimum Gasteiger partial charge on any atom is -0.286 e. The minimum absolute atomic E-state index is 0.0443. The first-order valence-electron chi connectivity index (χ1n) is 7.80. The van der Waals surface area contributed by atoms with Crippen molar-refractivity contribution >= 4 is 11.4 Å². The molecular formula is C15H20N4O3.